The van der Waals surface area contributed by atoms with E-state index in [0.29, 0.717) is 6.42 Å². The monoisotopic (exact) mass is 198 g/mol. The summed E-state index contributed by atoms with van der Waals surface area (Å²) in [6.45, 7) is 6.40. The molecule has 0 spiro atoms. The van der Waals surface area contributed by atoms with Gasteiger partial charge in [0.15, 0.2) is 0 Å². The highest BCUT2D eigenvalue weighted by atomic mass is 16.2. The van der Waals surface area contributed by atoms with Crippen LogP contribution in [0.2, 0.25) is 0 Å². The molecule has 14 heavy (non-hydrogen) atoms. The van der Waals surface area contributed by atoms with Gasteiger partial charge < -0.3 is 9.80 Å². The number of hydrogen-bond acceptors (Lipinski definition) is 2. The molecule has 0 aromatic carbocycles. The summed E-state index contributed by atoms with van der Waals surface area (Å²) in [6.07, 6.45) is 4.40. The maximum atomic E-state index is 11.5. The third-order valence-electron chi connectivity index (χ3n) is 2.96. The molecule has 1 saturated heterocycles. The average molecular weight is 198 g/mol. The first kappa shape index (κ1) is 11.5. The van der Waals surface area contributed by atoms with Gasteiger partial charge in [-0.15, -0.1) is 0 Å². The molecule has 0 aromatic rings. The van der Waals surface area contributed by atoms with Crippen LogP contribution in [-0.4, -0.2) is 48.9 Å². The largest absolute Gasteiger partial charge is 0.346 e. The fourth-order valence-corrected chi connectivity index (χ4v) is 1.83. The van der Waals surface area contributed by atoms with Gasteiger partial charge in [-0.3, -0.25) is 4.79 Å². The van der Waals surface area contributed by atoms with Crippen LogP contribution in [0.3, 0.4) is 0 Å². The second kappa shape index (κ2) is 6.02. The van der Waals surface area contributed by atoms with Crippen molar-refractivity contribution in [2.75, 3.05) is 33.2 Å². The Kier molecular flexibility index (Phi) is 4.94. The van der Waals surface area contributed by atoms with Crippen LogP contribution in [0.5, 0.6) is 0 Å². The van der Waals surface area contributed by atoms with Crippen molar-refractivity contribution in [1.82, 2.24) is 9.80 Å². The molecular formula is C11H22N2O. The van der Waals surface area contributed by atoms with E-state index in [1.807, 2.05) is 14.0 Å². The molecule has 0 radical (unpaired) electrons. The maximum absolute atomic E-state index is 11.5. The Morgan fingerprint density at radius 2 is 2.00 bits per heavy atom. The molecule has 3 nitrogen and oxygen atoms in total. The number of likely N-dealkylation sites (tertiary alicyclic amines) is 1. The van der Waals surface area contributed by atoms with E-state index >= 15 is 0 Å². The van der Waals surface area contributed by atoms with E-state index in [4.69, 9.17) is 0 Å². The molecule has 1 rings (SSSR count). The molecule has 1 fully saturated rings. The lowest BCUT2D eigenvalue weighted by Crippen LogP contribution is -2.27. The van der Waals surface area contributed by atoms with E-state index in [1.54, 1.807) is 4.90 Å². The molecule has 0 aromatic heterocycles. The molecule has 0 aliphatic carbocycles. The Labute approximate surface area is 87.1 Å². The van der Waals surface area contributed by atoms with Crippen molar-refractivity contribution in [1.29, 1.82) is 0 Å². The Morgan fingerprint density at radius 1 is 1.36 bits per heavy atom. The van der Waals surface area contributed by atoms with Crippen molar-refractivity contribution < 1.29 is 4.79 Å². The van der Waals surface area contributed by atoms with Crippen molar-refractivity contribution in [3.05, 3.63) is 0 Å². The van der Waals surface area contributed by atoms with Gasteiger partial charge in [0.25, 0.3) is 0 Å². The van der Waals surface area contributed by atoms with Crippen LogP contribution in [0.15, 0.2) is 0 Å². The fraction of sp³-hybridized carbons (Fsp3) is 0.909. The first-order chi connectivity index (χ1) is 6.74. The highest BCUT2D eigenvalue weighted by Gasteiger charge is 2.12. The Hall–Kier alpha value is -0.570. The van der Waals surface area contributed by atoms with Gasteiger partial charge in [0.2, 0.25) is 5.91 Å². The summed E-state index contributed by atoms with van der Waals surface area (Å²) < 4.78 is 0. The zero-order valence-electron chi connectivity index (χ0n) is 9.46. The molecule has 0 atom stereocenters. The van der Waals surface area contributed by atoms with Crippen LogP contribution in [0.25, 0.3) is 0 Å². The zero-order valence-corrected chi connectivity index (χ0v) is 9.46. The van der Waals surface area contributed by atoms with Crippen molar-refractivity contribution >= 4 is 5.91 Å². The second-order valence-corrected chi connectivity index (χ2v) is 4.06. The van der Waals surface area contributed by atoms with Crippen LogP contribution in [0.4, 0.5) is 0 Å². The van der Waals surface area contributed by atoms with Gasteiger partial charge in [-0.25, -0.2) is 0 Å². The van der Waals surface area contributed by atoms with Crippen molar-refractivity contribution in [2.45, 2.75) is 32.6 Å². The predicted octanol–water partition coefficient (Wildman–Crippen LogP) is 1.34. The summed E-state index contributed by atoms with van der Waals surface area (Å²) in [6, 6.07) is 0. The molecule has 1 aliphatic heterocycles. The average Bonchev–Trinajstić information content (AvgIpc) is 2.69. The van der Waals surface area contributed by atoms with Gasteiger partial charge in [-0.2, -0.15) is 0 Å². The third kappa shape index (κ3) is 3.66. The van der Waals surface area contributed by atoms with Crippen LogP contribution in [0.1, 0.15) is 32.6 Å². The summed E-state index contributed by atoms with van der Waals surface area (Å²) >= 11 is 0. The number of carbonyl (C=O) groups excluding carboxylic acids is 1. The summed E-state index contributed by atoms with van der Waals surface area (Å²) in [5.41, 5.74) is 0. The minimum atomic E-state index is 0.284. The van der Waals surface area contributed by atoms with Crippen LogP contribution >= 0.6 is 0 Å². The van der Waals surface area contributed by atoms with Crippen molar-refractivity contribution in [2.24, 2.45) is 0 Å². The van der Waals surface area contributed by atoms with Crippen molar-refractivity contribution in [3.63, 3.8) is 0 Å². The number of nitrogens with zero attached hydrogens (tertiary/aromatic N) is 2. The van der Waals surface area contributed by atoms with Gasteiger partial charge in [0.05, 0.1) is 0 Å². The second-order valence-electron chi connectivity index (χ2n) is 4.06. The number of carbonyl (C=O) groups is 1. The number of rotatable bonds is 5. The van der Waals surface area contributed by atoms with E-state index in [2.05, 4.69) is 4.90 Å². The Bertz CT molecular complexity index is 176. The summed E-state index contributed by atoms with van der Waals surface area (Å²) in [4.78, 5) is 15.7. The molecule has 1 heterocycles. The van der Waals surface area contributed by atoms with Gasteiger partial charge in [-0.1, -0.05) is 0 Å². The standard InChI is InChI=1S/C11H22N2O/c1-3-12(2)11(14)7-6-10-13-8-4-5-9-13/h3-10H2,1-2H3. The SMILES string of the molecule is CCN(C)C(=O)CCCN1CCCC1. The highest BCUT2D eigenvalue weighted by Crippen LogP contribution is 2.08. The molecule has 1 aliphatic rings. The van der Waals surface area contributed by atoms with E-state index in [0.717, 1.165) is 19.5 Å². The molecule has 3 heteroatoms. The van der Waals surface area contributed by atoms with E-state index in [1.165, 1.54) is 25.9 Å². The molecule has 0 bridgehead atoms. The quantitative estimate of drug-likeness (QED) is 0.665. The minimum absolute atomic E-state index is 0.284. The molecule has 82 valence electrons. The normalized spacial score (nSPS) is 17.3. The predicted molar refractivity (Wildman–Crippen MR) is 58.2 cm³/mol. The van der Waals surface area contributed by atoms with Gasteiger partial charge in [0.1, 0.15) is 0 Å². The molecule has 0 unspecified atom stereocenters. The zero-order chi connectivity index (χ0) is 10.4. The first-order valence-electron chi connectivity index (χ1n) is 5.70. The highest BCUT2D eigenvalue weighted by molar-refractivity contribution is 5.75. The fourth-order valence-electron chi connectivity index (χ4n) is 1.83. The lowest BCUT2D eigenvalue weighted by molar-refractivity contribution is -0.129. The molecular weight excluding hydrogens is 176 g/mol. The van der Waals surface area contributed by atoms with Crippen LogP contribution < -0.4 is 0 Å². The Balaban J connectivity index is 2.05. The minimum Gasteiger partial charge on any atom is -0.346 e. The Morgan fingerprint density at radius 3 is 2.57 bits per heavy atom. The maximum Gasteiger partial charge on any atom is 0.222 e. The van der Waals surface area contributed by atoms with Gasteiger partial charge >= 0.3 is 0 Å². The van der Waals surface area contributed by atoms with E-state index in [-0.39, 0.29) is 5.91 Å². The summed E-state index contributed by atoms with van der Waals surface area (Å²) in [5, 5.41) is 0. The molecule has 1 amide bonds. The first-order valence-corrected chi connectivity index (χ1v) is 5.70. The van der Waals surface area contributed by atoms with Gasteiger partial charge in [-0.05, 0) is 45.8 Å². The van der Waals surface area contributed by atoms with Crippen LogP contribution in [-0.2, 0) is 4.79 Å². The third-order valence-corrected chi connectivity index (χ3v) is 2.96. The summed E-state index contributed by atoms with van der Waals surface area (Å²) in [7, 11) is 1.87. The number of amides is 1. The van der Waals surface area contributed by atoms with Crippen LogP contribution in [0, 0.1) is 0 Å². The van der Waals surface area contributed by atoms with E-state index < -0.39 is 0 Å². The van der Waals surface area contributed by atoms with Gasteiger partial charge in [0, 0.05) is 20.0 Å². The molecule has 0 N–H and O–H groups in total. The van der Waals surface area contributed by atoms with Crippen molar-refractivity contribution in [3.8, 4) is 0 Å². The lowest BCUT2D eigenvalue weighted by Gasteiger charge is -2.17. The molecule has 0 saturated carbocycles. The smallest absolute Gasteiger partial charge is 0.222 e. The summed E-state index contributed by atoms with van der Waals surface area (Å²) in [5.74, 6) is 0.284. The lowest BCUT2D eigenvalue weighted by atomic mass is 10.2. The topological polar surface area (TPSA) is 23.6 Å². The number of hydrogen-bond donors (Lipinski definition) is 0. The van der Waals surface area contributed by atoms with E-state index in [9.17, 15) is 4.79 Å².